The fourth-order valence-electron chi connectivity index (χ4n) is 1.35. The Balaban J connectivity index is 2.89. The third-order valence-corrected chi connectivity index (χ3v) is 2.25. The van der Waals surface area contributed by atoms with Crippen molar-refractivity contribution in [3.8, 4) is 11.5 Å². The van der Waals surface area contributed by atoms with Crippen molar-refractivity contribution in [2.45, 2.75) is 0 Å². The standard InChI is InChI=1S/C13H15NO5/c1-17-9-5-4-6-10(18-2)13(9)14-11(15)7-8-12(16)19-3/h4-8H,1-3H3,(H,14,15)/b8-7-. The Kier molecular flexibility index (Phi) is 5.40. The molecule has 1 aromatic carbocycles. The Bertz CT molecular complexity index is 474. The molecule has 0 aliphatic heterocycles. The van der Waals surface area contributed by atoms with Gasteiger partial charge in [0, 0.05) is 12.2 Å². The van der Waals surface area contributed by atoms with Crippen LogP contribution in [-0.4, -0.2) is 33.2 Å². The molecule has 1 aromatic rings. The molecule has 0 aliphatic carbocycles. The first-order chi connectivity index (χ1) is 9.12. The molecule has 0 fully saturated rings. The SMILES string of the molecule is COC(=O)/C=C\C(=O)Nc1c(OC)cccc1OC. The summed E-state index contributed by atoms with van der Waals surface area (Å²) in [7, 11) is 4.19. The molecule has 1 amide bonds. The van der Waals surface area contributed by atoms with E-state index in [0.717, 1.165) is 12.2 Å². The van der Waals surface area contributed by atoms with Crippen LogP contribution in [0, 0.1) is 0 Å². The molecule has 0 unspecified atom stereocenters. The van der Waals surface area contributed by atoms with E-state index in [2.05, 4.69) is 10.1 Å². The summed E-state index contributed by atoms with van der Waals surface area (Å²) in [5.74, 6) is -0.186. The van der Waals surface area contributed by atoms with Gasteiger partial charge in [0.2, 0.25) is 5.91 Å². The summed E-state index contributed by atoms with van der Waals surface area (Å²) in [6.45, 7) is 0. The van der Waals surface area contributed by atoms with Gasteiger partial charge in [0.15, 0.2) is 0 Å². The Morgan fingerprint density at radius 1 is 1.05 bits per heavy atom. The average molecular weight is 265 g/mol. The van der Waals surface area contributed by atoms with E-state index < -0.39 is 11.9 Å². The van der Waals surface area contributed by atoms with Gasteiger partial charge in [-0.2, -0.15) is 0 Å². The Hall–Kier alpha value is -2.50. The van der Waals surface area contributed by atoms with Crippen molar-refractivity contribution in [1.82, 2.24) is 0 Å². The van der Waals surface area contributed by atoms with E-state index in [4.69, 9.17) is 9.47 Å². The van der Waals surface area contributed by atoms with Gasteiger partial charge in [-0.05, 0) is 12.1 Å². The number of para-hydroxylation sites is 1. The molecule has 0 heterocycles. The van der Waals surface area contributed by atoms with E-state index in [-0.39, 0.29) is 0 Å². The molecule has 0 saturated heterocycles. The molecule has 102 valence electrons. The number of rotatable bonds is 5. The molecule has 0 aromatic heterocycles. The maximum absolute atomic E-state index is 11.7. The lowest BCUT2D eigenvalue weighted by Gasteiger charge is -2.12. The fraction of sp³-hybridized carbons (Fsp3) is 0.231. The van der Waals surface area contributed by atoms with Crippen LogP contribution < -0.4 is 14.8 Å². The van der Waals surface area contributed by atoms with E-state index in [1.165, 1.54) is 21.3 Å². The van der Waals surface area contributed by atoms with Gasteiger partial charge in [0.05, 0.1) is 21.3 Å². The van der Waals surface area contributed by atoms with Crippen LogP contribution in [0.3, 0.4) is 0 Å². The highest BCUT2D eigenvalue weighted by Gasteiger charge is 2.11. The van der Waals surface area contributed by atoms with Crippen LogP contribution in [-0.2, 0) is 14.3 Å². The van der Waals surface area contributed by atoms with Gasteiger partial charge < -0.3 is 19.5 Å². The maximum atomic E-state index is 11.7. The number of hydrogen-bond acceptors (Lipinski definition) is 5. The minimum Gasteiger partial charge on any atom is -0.494 e. The Labute approximate surface area is 111 Å². The molecule has 1 N–H and O–H groups in total. The summed E-state index contributed by atoms with van der Waals surface area (Å²) >= 11 is 0. The first-order valence-corrected chi connectivity index (χ1v) is 5.40. The lowest BCUT2D eigenvalue weighted by molar-refractivity contribution is -0.135. The third kappa shape index (κ3) is 4.02. The first kappa shape index (κ1) is 14.6. The smallest absolute Gasteiger partial charge is 0.330 e. The van der Waals surface area contributed by atoms with E-state index >= 15 is 0 Å². The van der Waals surface area contributed by atoms with Crippen molar-refractivity contribution in [2.24, 2.45) is 0 Å². The number of benzene rings is 1. The van der Waals surface area contributed by atoms with Crippen molar-refractivity contribution >= 4 is 17.6 Å². The van der Waals surface area contributed by atoms with Gasteiger partial charge in [-0.25, -0.2) is 4.79 Å². The molecule has 0 radical (unpaired) electrons. The quantitative estimate of drug-likeness (QED) is 0.643. The average Bonchev–Trinajstić information content (AvgIpc) is 2.44. The molecule has 19 heavy (non-hydrogen) atoms. The normalized spacial score (nSPS) is 10.1. The fourth-order valence-corrected chi connectivity index (χ4v) is 1.35. The van der Waals surface area contributed by atoms with E-state index in [1.54, 1.807) is 18.2 Å². The Morgan fingerprint density at radius 3 is 2.11 bits per heavy atom. The molecular weight excluding hydrogens is 250 g/mol. The molecule has 0 atom stereocenters. The number of carbonyl (C=O) groups is 2. The van der Waals surface area contributed by atoms with Gasteiger partial charge in [0.25, 0.3) is 0 Å². The summed E-state index contributed by atoms with van der Waals surface area (Å²) in [5.41, 5.74) is 0.395. The zero-order valence-electron chi connectivity index (χ0n) is 10.9. The van der Waals surface area contributed by atoms with E-state index in [9.17, 15) is 9.59 Å². The summed E-state index contributed by atoms with van der Waals surface area (Å²) in [6.07, 6.45) is 2.09. The molecule has 6 heteroatoms. The van der Waals surface area contributed by atoms with Crippen LogP contribution in [0.5, 0.6) is 11.5 Å². The number of ether oxygens (including phenoxy) is 3. The van der Waals surface area contributed by atoms with Crippen molar-refractivity contribution in [3.63, 3.8) is 0 Å². The number of hydrogen-bond donors (Lipinski definition) is 1. The van der Waals surface area contributed by atoms with Gasteiger partial charge in [-0.15, -0.1) is 0 Å². The second-order valence-electron chi connectivity index (χ2n) is 3.38. The van der Waals surface area contributed by atoms with Gasteiger partial charge >= 0.3 is 5.97 Å². The molecule has 1 rings (SSSR count). The first-order valence-electron chi connectivity index (χ1n) is 5.40. The number of anilines is 1. The summed E-state index contributed by atoms with van der Waals surface area (Å²) in [4.78, 5) is 22.5. The predicted octanol–water partition coefficient (Wildman–Crippen LogP) is 1.37. The van der Waals surface area contributed by atoms with Gasteiger partial charge in [-0.3, -0.25) is 4.79 Å². The van der Waals surface area contributed by atoms with Gasteiger partial charge in [-0.1, -0.05) is 6.07 Å². The van der Waals surface area contributed by atoms with Crippen LogP contribution in [0.1, 0.15) is 0 Å². The summed E-state index contributed by atoms with van der Waals surface area (Å²) < 4.78 is 14.6. The number of esters is 1. The zero-order chi connectivity index (χ0) is 14.3. The van der Waals surface area contributed by atoms with Crippen molar-refractivity contribution < 1.29 is 23.8 Å². The van der Waals surface area contributed by atoms with Crippen LogP contribution >= 0.6 is 0 Å². The number of amides is 1. The summed E-state index contributed by atoms with van der Waals surface area (Å²) in [5, 5.41) is 2.58. The molecule has 0 bridgehead atoms. The van der Waals surface area contributed by atoms with Crippen molar-refractivity contribution in [3.05, 3.63) is 30.4 Å². The third-order valence-electron chi connectivity index (χ3n) is 2.25. The largest absolute Gasteiger partial charge is 0.494 e. The number of carbonyl (C=O) groups excluding carboxylic acids is 2. The second-order valence-corrected chi connectivity index (χ2v) is 3.38. The number of nitrogens with one attached hydrogen (secondary N) is 1. The minimum absolute atomic E-state index is 0.395. The Morgan fingerprint density at radius 2 is 1.63 bits per heavy atom. The number of methoxy groups -OCH3 is 3. The lowest BCUT2D eigenvalue weighted by Crippen LogP contribution is -2.11. The lowest BCUT2D eigenvalue weighted by atomic mass is 10.2. The predicted molar refractivity (Wildman–Crippen MR) is 69.3 cm³/mol. The molecular formula is C13H15NO5. The highest BCUT2D eigenvalue weighted by molar-refractivity contribution is 6.04. The van der Waals surface area contributed by atoms with Crippen LogP contribution in [0.2, 0.25) is 0 Å². The highest BCUT2D eigenvalue weighted by Crippen LogP contribution is 2.33. The second kappa shape index (κ2) is 7.05. The zero-order valence-corrected chi connectivity index (χ0v) is 10.9. The van der Waals surface area contributed by atoms with E-state index in [0.29, 0.717) is 17.2 Å². The van der Waals surface area contributed by atoms with Crippen molar-refractivity contribution in [1.29, 1.82) is 0 Å². The van der Waals surface area contributed by atoms with Gasteiger partial charge in [0.1, 0.15) is 17.2 Å². The van der Waals surface area contributed by atoms with Crippen molar-refractivity contribution in [2.75, 3.05) is 26.6 Å². The highest BCUT2D eigenvalue weighted by atomic mass is 16.5. The molecule has 0 spiro atoms. The monoisotopic (exact) mass is 265 g/mol. The maximum Gasteiger partial charge on any atom is 0.330 e. The molecule has 0 aliphatic rings. The van der Waals surface area contributed by atoms with Crippen LogP contribution in [0.15, 0.2) is 30.4 Å². The minimum atomic E-state index is -0.609. The molecule has 0 saturated carbocycles. The van der Waals surface area contributed by atoms with Crippen LogP contribution in [0.25, 0.3) is 0 Å². The topological polar surface area (TPSA) is 73.9 Å². The van der Waals surface area contributed by atoms with E-state index in [1.807, 2.05) is 0 Å². The summed E-state index contributed by atoms with van der Waals surface area (Å²) in [6, 6.07) is 5.10. The molecule has 6 nitrogen and oxygen atoms in total. The van der Waals surface area contributed by atoms with Crippen LogP contribution in [0.4, 0.5) is 5.69 Å².